The van der Waals surface area contributed by atoms with Crippen molar-refractivity contribution < 1.29 is 39.6 Å². The molecule has 0 spiro atoms. The van der Waals surface area contributed by atoms with E-state index in [2.05, 4.69) is 0 Å². The molecule has 0 radical (unpaired) electrons. The molecular formula is C14H15O9PS2. The maximum atomic E-state index is 12.8. The van der Waals surface area contributed by atoms with Crippen LogP contribution in [0.15, 0.2) is 58.3 Å². The molecule has 9 nitrogen and oxygen atoms in total. The highest BCUT2D eigenvalue weighted by atomic mass is 32.2. The molecule has 0 bridgehead atoms. The summed E-state index contributed by atoms with van der Waals surface area (Å²) < 4.78 is 86.0. The largest absolute Gasteiger partial charge is 0.430 e. The molecule has 0 amide bonds. The molecule has 2 N–H and O–H groups in total. The van der Waals surface area contributed by atoms with Crippen LogP contribution in [-0.2, 0) is 24.8 Å². The molecule has 0 atom stereocenters. The summed E-state index contributed by atoms with van der Waals surface area (Å²) in [4.78, 5) is -0.906. The van der Waals surface area contributed by atoms with E-state index in [1.807, 2.05) is 0 Å². The Morgan fingerprint density at radius 2 is 1.23 bits per heavy atom. The highest BCUT2D eigenvalue weighted by Gasteiger charge is 2.27. The molecule has 142 valence electrons. The number of hydrogen-bond acceptors (Lipinski definition) is 7. The zero-order valence-electron chi connectivity index (χ0n) is 13.3. The number of rotatable bonds is 7. The SMILES string of the molecule is CCP(=O)(Oc1cccc(S(=O)(=O)O)c1)Oc1cccc(S(=O)(=O)O)c1. The second kappa shape index (κ2) is 7.37. The van der Waals surface area contributed by atoms with Crippen molar-refractivity contribution in [3.05, 3.63) is 48.5 Å². The van der Waals surface area contributed by atoms with E-state index < -0.39 is 37.6 Å². The molecule has 2 aromatic rings. The van der Waals surface area contributed by atoms with Gasteiger partial charge in [0.15, 0.2) is 0 Å². The Morgan fingerprint density at radius 3 is 1.54 bits per heavy atom. The van der Waals surface area contributed by atoms with E-state index in [0.717, 1.165) is 24.3 Å². The van der Waals surface area contributed by atoms with Gasteiger partial charge in [-0.15, -0.1) is 0 Å². The average Bonchev–Trinajstić information content (AvgIpc) is 2.53. The standard InChI is InChI=1S/C14H15O9PS2/c1-2-24(15,22-11-5-3-7-13(9-11)25(16,17)18)23-12-6-4-8-14(10-12)26(19,20)21/h3-10H,2H2,1H3,(H,16,17,18)(H,19,20,21). The molecular weight excluding hydrogens is 407 g/mol. The van der Waals surface area contributed by atoms with Gasteiger partial charge in [0.05, 0.1) is 16.0 Å². The van der Waals surface area contributed by atoms with Gasteiger partial charge in [-0.1, -0.05) is 19.1 Å². The summed E-state index contributed by atoms with van der Waals surface area (Å²) in [5.41, 5.74) is 0. The van der Waals surface area contributed by atoms with Crippen LogP contribution in [0.3, 0.4) is 0 Å². The monoisotopic (exact) mass is 422 g/mol. The van der Waals surface area contributed by atoms with Gasteiger partial charge < -0.3 is 9.05 Å². The van der Waals surface area contributed by atoms with E-state index in [4.69, 9.17) is 18.2 Å². The van der Waals surface area contributed by atoms with E-state index >= 15 is 0 Å². The van der Waals surface area contributed by atoms with Crippen LogP contribution in [0.1, 0.15) is 6.92 Å². The van der Waals surface area contributed by atoms with Gasteiger partial charge in [-0.2, -0.15) is 16.8 Å². The minimum absolute atomic E-state index is 0.126. The second-order valence-electron chi connectivity index (χ2n) is 5.01. The quantitative estimate of drug-likeness (QED) is 0.508. The number of benzene rings is 2. The van der Waals surface area contributed by atoms with Crippen molar-refractivity contribution in [2.45, 2.75) is 16.7 Å². The van der Waals surface area contributed by atoms with Crippen molar-refractivity contribution in [2.75, 3.05) is 6.16 Å². The smallest absolute Gasteiger partial charge is 0.416 e. The van der Waals surface area contributed by atoms with E-state index in [-0.39, 0.29) is 17.7 Å². The molecule has 2 aromatic carbocycles. The highest BCUT2D eigenvalue weighted by molar-refractivity contribution is 7.86. The van der Waals surface area contributed by atoms with Crippen LogP contribution in [0.2, 0.25) is 0 Å². The summed E-state index contributed by atoms with van der Waals surface area (Å²) in [5, 5.41) is 0. The lowest BCUT2D eigenvalue weighted by atomic mass is 10.3. The molecule has 0 unspecified atom stereocenters. The molecule has 0 saturated carbocycles. The van der Waals surface area contributed by atoms with Crippen molar-refractivity contribution in [1.29, 1.82) is 0 Å². The van der Waals surface area contributed by atoms with Gasteiger partial charge >= 0.3 is 7.60 Å². The maximum Gasteiger partial charge on any atom is 0.430 e. The summed E-state index contributed by atoms with van der Waals surface area (Å²) >= 11 is 0. The molecule has 0 aliphatic carbocycles. The van der Waals surface area contributed by atoms with Crippen LogP contribution < -0.4 is 9.05 Å². The molecule has 12 heteroatoms. The molecule has 0 aliphatic rings. The summed E-state index contributed by atoms with van der Waals surface area (Å²) in [6.07, 6.45) is -0.126. The van der Waals surface area contributed by atoms with Gasteiger partial charge in [-0.25, -0.2) is 4.57 Å². The maximum absolute atomic E-state index is 12.8. The number of hydrogen-bond donors (Lipinski definition) is 2. The normalized spacial score (nSPS) is 12.6. The predicted molar refractivity (Wildman–Crippen MR) is 91.9 cm³/mol. The second-order valence-corrected chi connectivity index (χ2v) is 10.1. The third kappa shape index (κ3) is 5.29. The van der Waals surface area contributed by atoms with E-state index in [1.54, 1.807) is 0 Å². The first-order valence-corrected chi connectivity index (χ1v) is 11.7. The Bertz CT molecular complexity index is 980. The van der Waals surface area contributed by atoms with Crippen LogP contribution in [0.4, 0.5) is 0 Å². The lowest BCUT2D eigenvalue weighted by Gasteiger charge is -2.19. The molecule has 0 fully saturated rings. The molecule has 0 saturated heterocycles. The van der Waals surface area contributed by atoms with Gasteiger partial charge in [0.2, 0.25) is 0 Å². The average molecular weight is 422 g/mol. The Kier molecular flexibility index (Phi) is 5.79. The molecule has 0 aromatic heterocycles. The summed E-state index contributed by atoms with van der Waals surface area (Å²) in [6.45, 7) is 1.49. The third-order valence-corrected chi connectivity index (χ3v) is 6.53. The lowest BCUT2D eigenvalue weighted by molar-refractivity contribution is 0.386. The van der Waals surface area contributed by atoms with Gasteiger partial charge in [0.1, 0.15) is 11.5 Å². The highest BCUT2D eigenvalue weighted by Crippen LogP contribution is 2.48. The van der Waals surface area contributed by atoms with Gasteiger partial charge in [-0.05, 0) is 24.3 Å². The predicted octanol–water partition coefficient (Wildman–Crippen LogP) is 2.85. The third-order valence-electron chi connectivity index (χ3n) is 3.08. The van der Waals surface area contributed by atoms with E-state index in [1.165, 1.54) is 31.2 Å². The van der Waals surface area contributed by atoms with Gasteiger partial charge in [0, 0.05) is 12.1 Å². The van der Waals surface area contributed by atoms with Crippen LogP contribution in [0, 0.1) is 0 Å². The first-order chi connectivity index (χ1) is 11.9. The van der Waals surface area contributed by atoms with Crippen molar-refractivity contribution in [1.82, 2.24) is 0 Å². The fourth-order valence-electron chi connectivity index (χ4n) is 1.85. The Labute approximate surface area is 150 Å². The van der Waals surface area contributed by atoms with Crippen molar-refractivity contribution in [2.24, 2.45) is 0 Å². The molecule has 26 heavy (non-hydrogen) atoms. The van der Waals surface area contributed by atoms with Crippen LogP contribution in [0.5, 0.6) is 11.5 Å². The van der Waals surface area contributed by atoms with Gasteiger partial charge in [-0.3, -0.25) is 9.11 Å². The summed E-state index contributed by atoms with van der Waals surface area (Å²) in [7, 11) is -12.8. The Hall–Kier alpha value is -1.91. The summed E-state index contributed by atoms with van der Waals surface area (Å²) in [6, 6.07) is 9.36. The Morgan fingerprint density at radius 1 is 0.846 bits per heavy atom. The van der Waals surface area contributed by atoms with Gasteiger partial charge in [0.25, 0.3) is 20.2 Å². The fourth-order valence-corrected chi connectivity index (χ4v) is 4.05. The summed E-state index contributed by atoms with van der Waals surface area (Å²) in [5.74, 6) is -0.257. The van der Waals surface area contributed by atoms with Crippen LogP contribution >= 0.6 is 7.60 Å². The molecule has 0 heterocycles. The van der Waals surface area contributed by atoms with Crippen LogP contribution in [-0.4, -0.2) is 32.1 Å². The first kappa shape index (κ1) is 20.4. The topological polar surface area (TPSA) is 144 Å². The van der Waals surface area contributed by atoms with E-state index in [9.17, 15) is 21.4 Å². The van der Waals surface area contributed by atoms with E-state index in [0.29, 0.717) is 0 Å². The molecule has 0 aliphatic heterocycles. The van der Waals surface area contributed by atoms with Crippen molar-refractivity contribution in [3.63, 3.8) is 0 Å². The van der Waals surface area contributed by atoms with Crippen molar-refractivity contribution in [3.8, 4) is 11.5 Å². The van der Waals surface area contributed by atoms with Crippen molar-refractivity contribution >= 4 is 27.8 Å². The zero-order valence-corrected chi connectivity index (χ0v) is 15.9. The lowest BCUT2D eigenvalue weighted by Crippen LogP contribution is -2.05. The fraction of sp³-hybridized carbons (Fsp3) is 0.143. The minimum Gasteiger partial charge on any atom is -0.416 e. The first-order valence-electron chi connectivity index (χ1n) is 7.06. The minimum atomic E-state index is -4.47. The Balaban J connectivity index is 2.31. The molecule has 2 rings (SSSR count). The zero-order chi connectivity index (χ0) is 19.6. The van der Waals surface area contributed by atoms with Crippen LogP contribution in [0.25, 0.3) is 0 Å².